The summed E-state index contributed by atoms with van der Waals surface area (Å²) in [4.78, 5) is 23.2. The third-order valence-electron chi connectivity index (χ3n) is 11.5. The Morgan fingerprint density at radius 1 is 0.548 bits per heavy atom. The Labute approximate surface area is 384 Å². The number of carbonyl (C=O) groups is 1. The Bertz CT molecular complexity index is 1150. The summed E-state index contributed by atoms with van der Waals surface area (Å²) in [5.74, 6) is -0.179. The molecule has 0 aromatic carbocycles. The second-order valence-corrected chi connectivity index (χ2v) is 20.4. The number of hydrogen-bond donors (Lipinski definition) is 3. The van der Waals surface area contributed by atoms with Crippen LogP contribution in [0.1, 0.15) is 232 Å². The van der Waals surface area contributed by atoms with Gasteiger partial charge in [0.05, 0.1) is 39.9 Å². The summed E-state index contributed by atoms with van der Waals surface area (Å²) in [6, 6.07) is -0.845. The van der Waals surface area contributed by atoms with E-state index >= 15 is 0 Å². The molecule has 0 saturated carbocycles. The molecule has 0 bridgehead atoms. The minimum atomic E-state index is -4.34. The van der Waals surface area contributed by atoms with Gasteiger partial charge in [0.1, 0.15) is 13.2 Å². The van der Waals surface area contributed by atoms with E-state index in [0.29, 0.717) is 17.4 Å². The maximum absolute atomic E-state index is 12.9. The first kappa shape index (κ1) is 60.5. The van der Waals surface area contributed by atoms with Gasteiger partial charge in [-0.3, -0.25) is 13.8 Å². The Kier molecular flexibility index (Phi) is 43.5. The topological polar surface area (TPSA) is 105 Å². The monoisotopic (exact) mass is 894 g/mol. The molecule has 0 spiro atoms. The zero-order chi connectivity index (χ0) is 45.7. The molecule has 3 unspecified atom stereocenters. The molecule has 0 aliphatic heterocycles. The van der Waals surface area contributed by atoms with E-state index < -0.39 is 20.0 Å². The molecule has 3 atom stereocenters. The Morgan fingerprint density at radius 2 is 0.919 bits per heavy atom. The van der Waals surface area contributed by atoms with Crippen LogP contribution in [-0.4, -0.2) is 73.4 Å². The van der Waals surface area contributed by atoms with Crippen molar-refractivity contribution in [1.82, 2.24) is 5.32 Å². The number of nitrogens with zero attached hydrogens (tertiary/aromatic N) is 1. The number of phosphoric ester groups is 1. The smallest absolute Gasteiger partial charge is 0.387 e. The Hall–Kier alpha value is -1.54. The van der Waals surface area contributed by atoms with E-state index in [0.717, 1.165) is 51.4 Å². The minimum absolute atomic E-state index is 0.0609. The number of amides is 1. The van der Waals surface area contributed by atoms with Crippen molar-refractivity contribution in [3.8, 4) is 0 Å². The van der Waals surface area contributed by atoms with Crippen LogP contribution in [0.5, 0.6) is 0 Å². The van der Waals surface area contributed by atoms with Crippen LogP contribution < -0.4 is 5.32 Å². The van der Waals surface area contributed by atoms with Crippen molar-refractivity contribution in [1.29, 1.82) is 0 Å². The van der Waals surface area contributed by atoms with Gasteiger partial charge < -0.3 is 19.8 Å². The number of aliphatic hydroxyl groups excluding tert-OH is 1. The van der Waals surface area contributed by atoms with Crippen molar-refractivity contribution >= 4 is 13.7 Å². The molecule has 0 aliphatic carbocycles. The average molecular weight is 894 g/mol. The SMILES string of the molecule is CCCCCCC/C=C\C/C=C\C/C=C\CCCCCCCCCCCCCCCCC(=O)NC(COP(=O)(O)OCC[N+](C)(C)C)C(O)/C=C/CCCCCCCCCCC. The van der Waals surface area contributed by atoms with E-state index in [2.05, 4.69) is 55.6 Å². The molecule has 3 N–H and O–H groups in total. The normalized spacial score (nSPS) is 14.5. The second kappa shape index (κ2) is 44.7. The van der Waals surface area contributed by atoms with Crippen LogP contribution in [0.3, 0.4) is 0 Å². The molecule has 0 heterocycles. The lowest BCUT2D eigenvalue weighted by molar-refractivity contribution is -0.870. The minimum Gasteiger partial charge on any atom is -0.387 e. The van der Waals surface area contributed by atoms with Gasteiger partial charge in [0, 0.05) is 6.42 Å². The van der Waals surface area contributed by atoms with Gasteiger partial charge >= 0.3 is 7.82 Å². The van der Waals surface area contributed by atoms with E-state index in [4.69, 9.17) is 9.05 Å². The fourth-order valence-corrected chi connectivity index (χ4v) is 8.14. The van der Waals surface area contributed by atoms with Gasteiger partial charge in [-0.1, -0.05) is 217 Å². The number of phosphoric acid groups is 1. The molecule has 0 saturated heterocycles. The molecule has 62 heavy (non-hydrogen) atoms. The molecular formula is C53H102N2O6P+. The highest BCUT2D eigenvalue weighted by Gasteiger charge is 2.27. The number of aliphatic hydroxyl groups is 1. The fourth-order valence-electron chi connectivity index (χ4n) is 7.40. The summed E-state index contributed by atoms with van der Waals surface area (Å²) in [6.07, 6.45) is 57.7. The first-order chi connectivity index (χ1) is 30.0. The van der Waals surface area contributed by atoms with Crippen molar-refractivity contribution in [3.63, 3.8) is 0 Å². The Balaban J connectivity index is 4.10. The van der Waals surface area contributed by atoms with Gasteiger partial charge in [0.25, 0.3) is 0 Å². The molecule has 0 rings (SSSR count). The molecule has 364 valence electrons. The van der Waals surface area contributed by atoms with Crippen LogP contribution in [0.25, 0.3) is 0 Å². The standard InChI is InChI=1S/C53H101N2O6P/c1-6-8-10-12-14-16-18-19-20-21-22-23-24-25-26-27-28-29-30-31-32-33-34-35-37-39-41-43-45-47-53(57)54-51(50-61-62(58,59)60-49-48-55(3,4)5)52(56)46-44-42-40-38-36-17-15-13-11-9-7-2/h18-19,21-22,24-25,44,46,51-52,56H,6-17,20,23,26-43,45,47-50H2,1-5H3,(H-,54,57,58,59)/p+1/b19-18-,22-21-,25-24-,46-44+. The summed E-state index contributed by atoms with van der Waals surface area (Å²) in [7, 11) is 1.57. The predicted molar refractivity (Wildman–Crippen MR) is 267 cm³/mol. The lowest BCUT2D eigenvalue weighted by Gasteiger charge is -2.25. The summed E-state index contributed by atoms with van der Waals surface area (Å²) in [5.41, 5.74) is 0. The van der Waals surface area contributed by atoms with E-state index in [1.807, 2.05) is 27.2 Å². The summed E-state index contributed by atoms with van der Waals surface area (Å²) in [5, 5.41) is 13.8. The highest BCUT2D eigenvalue weighted by Crippen LogP contribution is 2.43. The van der Waals surface area contributed by atoms with Crippen LogP contribution in [0.15, 0.2) is 48.6 Å². The van der Waals surface area contributed by atoms with Gasteiger partial charge in [0.15, 0.2) is 0 Å². The number of nitrogens with one attached hydrogen (secondary N) is 1. The highest BCUT2D eigenvalue weighted by atomic mass is 31.2. The first-order valence-corrected chi connectivity index (χ1v) is 27.5. The molecule has 0 aromatic rings. The maximum atomic E-state index is 12.9. The third-order valence-corrected chi connectivity index (χ3v) is 12.5. The second-order valence-electron chi connectivity index (χ2n) is 18.9. The van der Waals surface area contributed by atoms with Crippen molar-refractivity contribution in [3.05, 3.63) is 48.6 Å². The zero-order valence-corrected chi connectivity index (χ0v) is 42.3. The van der Waals surface area contributed by atoms with E-state index in [9.17, 15) is 19.4 Å². The highest BCUT2D eigenvalue weighted by molar-refractivity contribution is 7.47. The van der Waals surface area contributed by atoms with Crippen molar-refractivity contribution in [2.45, 2.75) is 244 Å². The molecule has 0 aromatic heterocycles. The number of carbonyl (C=O) groups excluding carboxylic acids is 1. The maximum Gasteiger partial charge on any atom is 0.472 e. The van der Waals surface area contributed by atoms with Crippen molar-refractivity contribution < 1.29 is 32.9 Å². The molecule has 9 heteroatoms. The van der Waals surface area contributed by atoms with Crippen LogP contribution in [0, 0.1) is 0 Å². The van der Waals surface area contributed by atoms with Crippen molar-refractivity contribution in [2.24, 2.45) is 0 Å². The van der Waals surface area contributed by atoms with Gasteiger partial charge in [-0.25, -0.2) is 4.57 Å². The first-order valence-electron chi connectivity index (χ1n) is 26.0. The number of rotatable bonds is 47. The van der Waals surface area contributed by atoms with E-state index in [-0.39, 0.29) is 19.1 Å². The van der Waals surface area contributed by atoms with Crippen LogP contribution in [0.2, 0.25) is 0 Å². The van der Waals surface area contributed by atoms with Crippen molar-refractivity contribution in [2.75, 3.05) is 40.9 Å². The van der Waals surface area contributed by atoms with Crippen LogP contribution in [0.4, 0.5) is 0 Å². The summed E-state index contributed by atoms with van der Waals surface area (Å²) >= 11 is 0. The summed E-state index contributed by atoms with van der Waals surface area (Å²) in [6.45, 7) is 4.79. The molecule has 0 aliphatic rings. The van der Waals surface area contributed by atoms with Gasteiger partial charge in [0.2, 0.25) is 5.91 Å². The quantitative estimate of drug-likeness (QED) is 0.0243. The molecule has 0 fully saturated rings. The Morgan fingerprint density at radius 3 is 1.34 bits per heavy atom. The molecule has 0 radical (unpaired) electrons. The number of likely N-dealkylation sites (N-methyl/N-ethyl adjacent to an activating group) is 1. The third kappa shape index (κ3) is 46.5. The largest absolute Gasteiger partial charge is 0.472 e. The van der Waals surface area contributed by atoms with Gasteiger partial charge in [-0.15, -0.1) is 0 Å². The number of allylic oxidation sites excluding steroid dienone is 7. The summed E-state index contributed by atoms with van der Waals surface area (Å²) < 4.78 is 23.6. The van der Waals surface area contributed by atoms with Crippen LogP contribution in [-0.2, 0) is 18.4 Å². The van der Waals surface area contributed by atoms with Gasteiger partial charge in [-0.05, 0) is 57.8 Å². The molecular weight excluding hydrogens is 792 g/mol. The fraction of sp³-hybridized carbons (Fsp3) is 0.830. The van der Waals surface area contributed by atoms with E-state index in [1.54, 1.807) is 6.08 Å². The van der Waals surface area contributed by atoms with Gasteiger partial charge in [-0.2, -0.15) is 0 Å². The zero-order valence-electron chi connectivity index (χ0n) is 41.4. The molecule has 1 amide bonds. The van der Waals surface area contributed by atoms with E-state index in [1.165, 1.54) is 161 Å². The predicted octanol–water partition coefficient (Wildman–Crippen LogP) is 15.2. The lowest BCUT2D eigenvalue weighted by atomic mass is 10.0. The lowest BCUT2D eigenvalue weighted by Crippen LogP contribution is -2.45. The average Bonchev–Trinajstić information content (AvgIpc) is 3.23. The van der Waals surface area contributed by atoms with Crippen LogP contribution >= 0.6 is 7.82 Å². The number of unbranched alkanes of at least 4 members (excludes halogenated alkanes) is 28. The number of quaternary nitrogens is 1. The molecule has 8 nitrogen and oxygen atoms in total. The number of hydrogen-bond acceptors (Lipinski definition) is 5.